The van der Waals surface area contributed by atoms with Crippen molar-refractivity contribution < 1.29 is 19.0 Å². The zero-order valence-corrected chi connectivity index (χ0v) is 10.5. The summed E-state index contributed by atoms with van der Waals surface area (Å²) in [6.07, 6.45) is 2.24. The van der Waals surface area contributed by atoms with Crippen molar-refractivity contribution in [2.45, 2.75) is 19.1 Å². The lowest BCUT2D eigenvalue weighted by atomic mass is 10.1. The molecule has 0 bridgehead atoms. The van der Waals surface area contributed by atoms with Crippen molar-refractivity contribution in [3.8, 4) is 0 Å². The van der Waals surface area contributed by atoms with Crippen LogP contribution in [0, 0.1) is 5.92 Å². The lowest BCUT2D eigenvalue weighted by molar-refractivity contribution is 0.0223. The minimum atomic E-state index is -0.484. The molecule has 102 valence electrons. The second-order valence-corrected chi connectivity index (χ2v) is 4.64. The summed E-state index contributed by atoms with van der Waals surface area (Å²) in [5, 5.41) is 12.9. The number of furan rings is 1. The highest BCUT2D eigenvalue weighted by Crippen LogP contribution is 2.10. The van der Waals surface area contributed by atoms with Gasteiger partial charge in [0.2, 0.25) is 0 Å². The molecule has 2 rings (SSSR count). The molecule has 0 saturated carbocycles. The van der Waals surface area contributed by atoms with E-state index < -0.39 is 6.10 Å². The Morgan fingerprint density at radius 1 is 1.56 bits per heavy atom. The van der Waals surface area contributed by atoms with Crippen molar-refractivity contribution in [2.24, 2.45) is 5.92 Å². The van der Waals surface area contributed by atoms with Crippen LogP contribution in [-0.2, 0) is 16.1 Å². The van der Waals surface area contributed by atoms with E-state index in [2.05, 4.69) is 5.32 Å². The van der Waals surface area contributed by atoms with E-state index in [1.54, 1.807) is 6.26 Å². The summed E-state index contributed by atoms with van der Waals surface area (Å²) in [4.78, 5) is 0. The fraction of sp³-hybridized carbons (Fsp3) is 0.692. The van der Waals surface area contributed by atoms with Crippen molar-refractivity contribution in [3.05, 3.63) is 24.2 Å². The quantitative estimate of drug-likeness (QED) is 0.719. The molecule has 2 heterocycles. The van der Waals surface area contributed by atoms with Crippen LogP contribution >= 0.6 is 0 Å². The third-order valence-electron chi connectivity index (χ3n) is 2.97. The number of aliphatic hydroxyl groups is 1. The molecule has 5 nitrogen and oxygen atoms in total. The maximum atomic E-state index is 9.70. The number of hydrogen-bond acceptors (Lipinski definition) is 5. The van der Waals surface area contributed by atoms with E-state index in [0.29, 0.717) is 25.7 Å². The van der Waals surface area contributed by atoms with Crippen molar-refractivity contribution in [2.75, 3.05) is 32.9 Å². The molecular weight excluding hydrogens is 234 g/mol. The molecule has 2 unspecified atom stereocenters. The number of rotatable bonds is 8. The molecule has 1 aromatic heterocycles. The zero-order valence-electron chi connectivity index (χ0n) is 10.5. The highest BCUT2D eigenvalue weighted by Gasteiger charge is 2.15. The zero-order chi connectivity index (χ0) is 12.6. The van der Waals surface area contributed by atoms with Crippen LogP contribution in [0.3, 0.4) is 0 Å². The van der Waals surface area contributed by atoms with Crippen LogP contribution in [0.2, 0.25) is 0 Å². The molecule has 0 aliphatic carbocycles. The smallest absolute Gasteiger partial charge is 0.129 e. The Hall–Kier alpha value is -0.880. The van der Waals surface area contributed by atoms with Gasteiger partial charge >= 0.3 is 0 Å². The first-order valence-electron chi connectivity index (χ1n) is 6.41. The first-order chi connectivity index (χ1) is 8.84. The molecule has 1 fully saturated rings. The Balaban J connectivity index is 1.48. The van der Waals surface area contributed by atoms with Crippen molar-refractivity contribution in [3.63, 3.8) is 0 Å². The van der Waals surface area contributed by atoms with Crippen molar-refractivity contribution in [1.29, 1.82) is 0 Å². The van der Waals surface area contributed by atoms with E-state index in [-0.39, 0.29) is 0 Å². The summed E-state index contributed by atoms with van der Waals surface area (Å²) < 4.78 is 15.8. The number of aliphatic hydroxyl groups excluding tert-OH is 1. The van der Waals surface area contributed by atoms with E-state index in [0.717, 1.165) is 31.9 Å². The third-order valence-corrected chi connectivity index (χ3v) is 2.97. The van der Waals surface area contributed by atoms with Gasteiger partial charge in [0, 0.05) is 19.7 Å². The summed E-state index contributed by atoms with van der Waals surface area (Å²) >= 11 is 0. The molecule has 18 heavy (non-hydrogen) atoms. The molecule has 2 atom stereocenters. The van der Waals surface area contributed by atoms with Crippen LogP contribution in [0.15, 0.2) is 22.8 Å². The lowest BCUT2D eigenvalue weighted by Gasteiger charge is -2.13. The SMILES string of the molecule is OC(CNCC1CCOC1)COCc1ccco1. The second-order valence-electron chi connectivity index (χ2n) is 4.64. The van der Waals surface area contributed by atoms with Gasteiger partial charge in [-0.15, -0.1) is 0 Å². The summed E-state index contributed by atoms with van der Waals surface area (Å²) in [5.74, 6) is 1.36. The van der Waals surface area contributed by atoms with E-state index in [9.17, 15) is 5.11 Å². The van der Waals surface area contributed by atoms with E-state index in [1.807, 2.05) is 12.1 Å². The van der Waals surface area contributed by atoms with Crippen LogP contribution < -0.4 is 5.32 Å². The van der Waals surface area contributed by atoms with Crippen LogP contribution in [0.1, 0.15) is 12.2 Å². The van der Waals surface area contributed by atoms with Crippen LogP contribution in [-0.4, -0.2) is 44.1 Å². The van der Waals surface area contributed by atoms with Crippen LogP contribution in [0.5, 0.6) is 0 Å². The molecule has 1 saturated heterocycles. The van der Waals surface area contributed by atoms with Gasteiger partial charge in [-0.25, -0.2) is 0 Å². The first-order valence-corrected chi connectivity index (χ1v) is 6.41. The number of hydrogen-bond donors (Lipinski definition) is 2. The van der Waals surface area contributed by atoms with Gasteiger partial charge in [-0.2, -0.15) is 0 Å². The van der Waals surface area contributed by atoms with Crippen molar-refractivity contribution >= 4 is 0 Å². The maximum absolute atomic E-state index is 9.70. The van der Waals surface area contributed by atoms with E-state index in [1.165, 1.54) is 0 Å². The molecule has 0 amide bonds. The number of ether oxygens (including phenoxy) is 2. The second kappa shape index (κ2) is 7.53. The summed E-state index contributed by atoms with van der Waals surface area (Å²) in [6.45, 7) is 3.86. The molecular formula is C13H21NO4. The van der Waals surface area contributed by atoms with Gasteiger partial charge in [-0.3, -0.25) is 0 Å². The van der Waals surface area contributed by atoms with E-state index >= 15 is 0 Å². The first kappa shape index (κ1) is 13.5. The molecule has 0 radical (unpaired) electrons. The summed E-state index contributed by atoms with van der Waals surface area (Å²) in [7, 11) is 0. The Kier molecular flexibility index (Phi) is 5.67. The monoisotopic (exact) mass is 255 g/mol. The topological polar surface area (TPSA) is 63.9 Å². The van der Waals surface area contributed by atoms with Gasteiger partial charge in [0.05, 0.1) is 25.6 Å². The Morgan fingerprint density at radius 3 is 3.22 bits per heavy atom. The molecule has 0 aromatic carbocycles. The molecule has 1 aliphatic heterocycles. The Bertz CT molecular complexity index is 309. The van der Waals surface area contributed by atoms with Crippen LogP contribution in [0.4, 0.5) is 0 Å². The average Bonchev–Trinajstić information content (AvgIpc) is 3.01. The summed E-state index contributed by atoms with van der Waals surface area (Å²) in [6, 6.07) is 3.67. The lowest BCUT2D eigenvalue weighted by Crippen LogP contribution is -2.33. The third kappa shape index (κ3) is 4.78. The molecule has 1 aliphatic rings. The number of nitrogens with one attached hydrogen (secondary N) is 1. The molecule has 0 spiro atoms. The maximum Gasteiger partial charge on any atom is 0.129 e. The molecule has 1 aromatic rings. The minimum Gasteiger partial charge on any atom is -0.467 e. The minimum absolute atomic E-state index is 0.314. The van der Waals surface area contributed by atoms with Gasteiger partial charge < -0.3 is 24.3 Å². The normalized spacial score (nSPS) is 21.3. The fourth-order valence-electron chi connectivity index (χ4n) is 1.95. The molecule has 2 N–H and O–H groups in total. The van der Waals surface area contributed by atoms with Crippen molar-refractivity contribution in [1.82, 2.24) is 5.32 Å². The van der Waals surface area contributed by atoms with Crippen LogP contribution in [0.25, 0.3) is 0 Å². The average molecular weight is 255 g/mol. The van der Waals surface area contributed by atoms with Gasteiger partial charge in [-0.1, -0.05) is 0 Å². The van der Waals surface area contributed by atoms with Gasteiger partial charge in [0.1, 0.15) is 12.4 Å². The molecule has 5 heteroatoms. The Labute approximate surface area is 107 Å². The van der Waals surface area contributed by atoms with Gasteiger partial charge in [-0.05, 0) is 24.5 Å². The fourth-order valence-corrected chi connectivity index (χ4v) is 1.95. The van der Waals surface area contributed by atoms with Gasteiger partial charge in [0.15, 0.2) is 0 Å². The highest BCUT2D eigenvalue weighted by atomic mass is 16.5. The Morgan fingerprint density at radius 2 is 2.50 bits per heavy atom. The predicted molar refractivity (Wildman–Crippen MR) is 66.2 cm³/mol. The standard InChI is InChI=1S/C13H21NO4/c15-12(7-14-6-11-3-5-16-8-11)9-17-10-13-2-1-4-18-13/h1-2,4,11-12,14-15H,3,5-10H2. The summed E-state index contributed by atoms with van der Waals surface area (Å²) in [5.41, 5.74) is 0. The largest absolute Gasteiger partial charge is 0.467 e. The predicted octanol–water partition coefficient (Wildman–Crippen LogP) is 0.783. The van der Waals surface area contributed by atoms with E-state index in [4.69, 9.17) is 13.9 Å². The highest BCUT2D eigenvalue weighted by molar-refractivity contribution is 4.96. The van der Waals surface area contributed by atoms with Gasteiger partial charge in [0.25, 0.3) is 0 Å².